The number of carbonyl (C=O) groups is 1. The number of hydrogen-bond acceptors (Lipinski definition) is 4. The fraction of sp³-hybridized carbons (Fsp3) is 0.500. The smallest absolute Gasteiger partial charge is 0.231 e. The Morgan fingerprint density at radius 3 is 2.65 bits per heavy atom. The number of hydrogen-bond donors (Lipinski definition) is 1. The van der Waals surface area contributed by atoms with Gasteiger partial charge in [0.2, 0.25) is 5.91 Å². The molecule has 0 bridgehead atoms. The van der Waals surface area contributed by atoms with Gasteiger partial charge in [0.05, 0.1) is 11.5 Å². The van der Waals surface area contributed by atoms with Crippen LogP contribution in [0, 0.1) is 0 Å². The molecule has 3 nitrogen and oxygen atoms in total. The Morgan fingerprint density at radius 2 is 2.09 bits per heavy atom. The summed E-state index contributed by atoms with van der Waals surface area (Å²) in [6, 6.07) is 6.55. The van der Waals surface area contributed by atoms with Crippen molar-refractivity contribution in [2.24, 2.45) is 0 Å². The predicted octanol–water partition coefficient (Wildman–Crippen LogP) is 4.04. The SMILES string of the molecule is CN(C)[C@H](CNC(=O)C1(c2cccs2)CCCC1)c1ccsc1. The zero-order valence-corrected chi connectivity index (χ0v) is 15.4. The lowest BCUT2D eigenvalue weighted by atomic mass is 9.83. The largest absolute Gasteiger partial charge is 0.353 e. The van der Waals surface area contributed by atoms with E-state index in [0.717, 1.165) is 25.7 Å². The summed E-state index contributed by atoms with van der Waals surface area (Å²) >= 11 is 3.42. The van der Waals surface area contributed by atoms with E-state index < -0.39 is 0 Å². The number of nitrogens with zero attached hydrogens (tertiary/aromatic N) is 1. The summed E-state index contributed by atoms with van der Waals surface area (Å²) < 4.78 is 0. The minimum absolute atomic E-state index is 0.208. The zero-order chi connectivity index (χ0) is 16.3. The summed E-state index contributed by atoms with van der Waals surface area (Å²) in [6.45, 7) is 0.662. The summed E-state index contributed by atoms with van der Waals surface area (Å²) in [5, 5.41) is 9.60. The second-order valence-corrected chi connectivity index (χ2v) is 8.24. The van der Waals surface area contributed by atoms with Gasteiger partial charge in [0.1, 0.15) is 0 Å². The van der Waals surface area contributed by atoms with Crippen molar-refractivity contribution in [2.75, 3.05) is 20.6 Å². The Hall–Kier alpha value is -1.17. The zero-order valence-electron chi connectivity index (χ0n) is 13.7. The molecule has 1 aliphatic rings. The minimum Gasteiger partial charge on any atom is -0.353 e. The summed E-state index contributed by atoms with van der Waals surface area (Å²) in [5.41, 5.74) is 0.983. The number of thiophene rings is 2. The van der Waals surface area contributed by atoms with Crippen molar-refractivity contribution < 1.29 is 4.79 Å². The third-order valence-electron chi connectivity index (χ3n) is 4.89. The van der Waals surface area contributed by atoms with E-state index >= 15 is 0 Å². The second kappa shape index (κ2) is 7.16. The monoisotopic (exact) mass is 348 g/mol. The van der Waals surface area contributed by atoms with Gasteiger partial charge >= 0.3 is 0 Å². The van der Waals surface area contributed by atoms with Crippen molar-refractivity contribution in [1.82, 2.24) is 10.2 Å². The predicted molar refractivity (Wildman–Crippen MR) is 98.2 cm³/mol. The average molecular weight is 349 g/mol. The van der Waals surface area contributed by atoms with Crippen molar-refractivity contribution in [3.8, 4) is 0 Å². The maximum Gasteiger partial charge on any atom is 0.231 e. The highest BCUT2D eigenvalue weighted by Crippen LogP contribution is 2.43. The number of carbonyl (C=O) groups excluding carboxylic acids is 1. The van der Waals surface area contributed by atoms with E-state index in [2.05, 4.69) is 58.7 Å². The molecule has 1 N–H and O–H groups in total. The quantitative estimate of drug-likeness (QED) is 0.854. The molecular weight excluding hydrogens is 324 g/mol. The first-order chi connectivity index (χ1) is 11.1. The number of nitrogens with one attached hydrogen (secondary N) is 1. The van der Waals surface area contributed by atoms with Crippen LogP contribution in [-0.4, -0.2) is 31.4 Å². The van der Waals surface area contributed by atoms with Crippen molar-refractivity contribution in [3.05, 3.63) is 44.8 Å². The van der Waals surface area contributed by atoms with E-state index in [0.29, 0.717) is 6.54 Å². The molecule has 1 saturated carbocycles. The van der Waals surface area contributed by atoms with Gasteiger partial charge in [-0.25, -0.2) is 0 Å². The van der Waals surface area contributed by atoms with Crippen LogP contribution in [0.15, 0.2) is 34.3 Å². The Labute approximate surface area is 146 Å². The lowest BCUT2D eigenvalue weighted by Gasteiger charge is -2.29. The van der Waals surface area contributed by atoms with Crippen LogP contribution in [0.1, 0.15) is 42.2 Å². The van der Waals surface area contributed by atoms with Crippen molar-refractivity contribution >= 4 is 28.6 Å². The molecule has 1 aliphatic carbocycles. The van der Waals surface area contributed by atoms with E-state index in [4.69, 9.17) is 0 Å². The van der Waals surface area contributed by atoms with Crippen molar-refractivity contribution in [3.63, 3.8) is 0 Å². The van der Waals surface area contributed by atoms with Crippen LogP contribution in [0.5, 0.6) is 0 Å². The molecule has 0 aromatic carbocycles. The first-order valence-corrected chi connectivity index (χ1v) is 9.96. The highest BCUT2D eigenvalue weighted by atomic mass is 32.1. The van der Waals surface area contributed by atoms with Crippen LogP contribution in [-0.2, 0) is 10.2 Å². The average Bonchev–Trinajstić information content (AvgIpc) is 3.28. The third kappa shape index (κ3) is 3.37. The Kier molecular flexibility index (Phi) is 5.19. The van der Waals surface area contributed by atoms with E-state index in [1.165, 1.54) is 10.4 Å². The van der Waals surface area contributed by atoms with Crippen LogP contribution >= 0.6 is 22.7 Å². The van der Waals surface area contributed by atoms with Crippen LogP contribution in [0.4, 0.5) is 0 Å². The van der Waals surface area contributed by atoms with E-state index in [-0.39, 0.29) is 17.4 Å². The number of rotatable bonds is 6. The van der Waals surface area contributed by atoms with Gasteiger partial charge in [0.25, 0.3) is 0 Å². The van der Waals surface area contributed by atoms with Gasteiger partial charge in [-0.3, -0.25) is 4.79 Å². The van der Waals surface area contributed by atoms with Gasteiger partial charge in [-0.05, 0) is 60.8 Å². The van der Waals surface area contributed by atoms with Crippen molar-refractivity contribution in [2.45, 2.75) is 37.1 Å². The van der Waals surface area contributed by atoms with Gasteiger partial charge in [-0.1, -0.05) is 18.9 Å². The normalized spacial score (nSPS) is 18.2. The first-order valence-electron chi connectivity index (χ1n) is 8.14. The summed E-state index contributed by atoms with van der Waals surface area (Å²) in [4.78, 5) is 16.4. The number of amides is 1. The molecular formula is C18H24N2OS2. The van der Waals surface area contributed by atoms with Crippen LogP contribution < -0.4 is 5.32 Å². The summed E-state index contributed by atoms with van der Waals surface area (Å²) in [7, 11) is 4.14. The standard InChI is InChI=1S/C18H24N2OS2/c1-20(2)15(14-7-11-22-13-14)12-19-17(21)18(8-3-4-9-18)16-6-5-10-23-16/h5-7,10-11,13,15H,3-4,8-9,12H2,1-2H3,(H,19,21)/t15-/m1/s1. The molecule has 0 radical (unpaired) electrons. The molecule has 1 fully saturated rings. The van der Waals surface area contributed by atoms with E-state index in [1.807, 2.05) is 0 Å². The second-order valence-electron chi connectivity index (χ2n) is 6.51. The third-order valence-corrected chi connectivity index (χ3v) is 6.67. The maximum atomic E-state index is 13.0. The topological polar surface area (TPSA) is 32.3 Å². The highest BCUT2D eigenvalue weighted by molar-refractivity contribution is 7.10. The summed E-state index contributed by atoms with van der Waals surface area (Å²) in [5.74, 6) is 0.208. The van der Waals surface area contributed by atoms with E-state index in [1.54, 1.807) is 22.7 Å². The Morgan fingerprint density at radius 1 is 1.30 bits per heavy atom. The van der Waals surface area contributed by atoms with Gasteiger partial charge in [0, 0.05) is 11.4 Å². The lowest BCUT2D eigenvalue weighted by molar-refractivity contribution is -0.126. The minimum atomic E-state index is -0.292. The molecule has 2 aromatic rings. The number of likely N-dealkylation sites (N-methyl/N-ethyl adjacent to an activating group) is 1. The summed E-state index contributed by atoms with van der Waals surface area (Å²) in [6.07, 6.45) is 4.24. The molecule has 2 aromatic heterocycles. The molecule has 5 heteroatoms. The van der Waals surface area contributed by atoms with Gasteiger partial charge < -0.3 is 10.2 Å². The molecule has 1 amide bonds. The molecule has 124 valence electrons. The molecule has 0 unspecified atom stereocenters. The molecule has 1 atom stereocenters. The first kappa shape index (κ1) is 16.7. The van der Waals surface area contributed by atoms with Gasteiger partial charge in [0.15, 0.2) is 0 Å². The molecule has 23 heavy (non-hydrogen) atoms. The lowest BCUT2D eigenvalue weighted by Crippen LogP contribution is -2.45. The maximum absolute atomic E-state index is 13.0. The fourth-order valence-corrected chi connectivity index (χ4v) is 5.23. The van der Waals surface area contributed by atoms with Gasteiger partial charge in [-0.15, -0.1) is 11.3 Å². The Bertz CT molecular complexity index is 614. The van der Waals surface area contributed by atoms with Gasteiger partial charge in [-0.2, -0.15) is 11.3 Å². The van der Waals surface area contributed by atoms with Crippen LogP contribution in [0.25, 0.3) is 0 Å². The molecule has 2 heterocycles. The van der Waals surface area contributed by atoms with Crippen LogP contribution in [0.3, 0.4) is 0 Å². The molecule has 0 spiro atoms. The molecule has 0 aliphatic heterocycles. The highest BCUT2D eigenvalue weighted by Gasteiger charge is 2.43. The van der Waals surface area contributed by atoms with E-state index in [9.17, 15) is 4.79 Å². The molecule has 0 saturated heterocycles. The Balaban J connectivity index is 1.72. The fourth-order valence-electron chi connectivity index (χ4n) is 3.54. The molecule has 3 rings (SSSR count). The van der Waals surface area contributed by atoms with Crippen molar-refractivity contribution in [1.29, 1.82) is 0 Å². The van der Waals surface area contributed by atoms with Crippen LogP contribution in [0.2, 0.25) is 0 Å².